The normalized spacial score (nSPS) is 31.5. The van der Waals surface area contributed by atoms with Gasteiger partial charge in [0.15, 0.2) is 0 Å². The summed E-state index contributed by atoms with van der Waals surface area (Å²) in [7, 11) is 3.97. The number of hydrogen-bond donors (Lipinski definition) is 0. The van der Waals surface area contributed by atoms with Crippen LogP contribution in [0, 0.1) is 0 Å². The molecule has 3 nitrogen and oxygen atoms in total. The van der Waals surface area contributed by atoms with E-state index < -0.39 is 0 Å². The van der Waals surface area contributed by atoms with Gasteiger partial charge in [-0.1, -0.05) is 0 Å². The number of nitrogens with zero attached hydrogens (tertiary/aromatic N) is 1. The van der Waals surface area contributed by atoms with Crippen LogP contribution in [0.2, 0.25) is 0 Å². The molecule has 0 aromatic carbocycles. The lowest BCUT2D eigenvalue weighted by Crippen LogP contribution is -2.48. The molecule has 0 aromatic rings. The van der Waals surface area contributed by atoms with Crippen LogP contribution in [0.3, 0.4) is 0 Å². The molecule has 0 aliphatic heterocycles. The van der Waals surface area contributed by atoms with Crippen molar-refractivity contribution in [2.45, 2.75) is 57.8 Å². The lowest BCUT2D eigenvalue weighted by molar-refractivity contribution is -0.128. The van der Waals surface area contributed by atoms with Gasteiger partial charge in [0, 0.05) is 0 Å². The average Bonchev–Trinajstić information content (AvgIpc) is 2.48. The lowest BCUT2D eigenvalue weighted by atomic mass is 9.91. The quantitative estimate of drug-likeness (QED) is 0.714. The van der Waals surface area contributed by atoms with Gasteiger partial charge in [-0.2, -0.15) is 0 Å². The third kappa shape index (κ3) is 2.58. The van der Waals surface area contributed by atoms with Crippen molar-refractivity contribution in [3.05, 3.63) is 0 Å². The largest absolute Gasteiger partial charge is 0.375 e. The van der Waals surface area contributed by atoms with E-state index in [1.54, 1.807) is 6.92 Å². The van der Waals surface area contributed by atoms with Crippen molar-refractivity contribution in [2.24, 2.45) is 0 Å². The fourth-order valence-electron chi connectivity index (χ4n) is 2.52. The van der Waals surface area contributed by atoms with Gasteiger partial charge in [-0.15, -0.1) is 0 Å². The predicted octanol–water partition coefficient (Wildman–Crippen LogP) is 1.85. The summed E-state index contributed by atoms with van der Waals surface area (Å²) in [5.74, 6) is 0.266. The molecule has 1 aliphatic rings. The standard InChI is InChI=1S/C12H23NO2/c1-9(2)15-11-6-7-12(8-11,10(3)14)13(4)5/h9,11H,6-8H2,1-5H3. The molecule has 0 aromatic heterocycles. The second-order valence-corrected chi connectivity index (χ2v) is 5.03. The van der Waals surface area contributed by atoms with Gasteiger partial charge in [0.2, 0.25) is 0 Å². The van der Waals surface area contributed by atoms with Crippen molar-refractivity contribution in [3.63, 3.8) is 0 Å². The van der Waals surface area contributed by atoms with Crippen LogP contribution in [0.15, 0.2) is 0 Å². The molecule has 2 unspecified atom stereocenters. The van der Waals surface area contributed by atoms with Gasteiger partial charge >= 0.3 is 0 Å². The Morgan fingerprint density at radius 2 is 2.07 bits per heavy atom. The molecule has 1 aliphatic carbocycles. The SMILES string of the molecule is CC(=O)C1(N(C)C)CCC(OC(C)C)C1. The summed E-state index contributed by atoms with van der Waals surface area (Å²) in [6, 6.07) is 0. The molecule has 1 saturated carbocycles. The van der Waals surface area contributed by atoms with Crippen LogP contribution in [0.1, 0.15) is 40.0 Å². The highest BCUT2D eigenvalue weighted by Gasteiger charge is 2.45. The summed E-state index contributed by atoms with van der Waals surface area (Å²) in [5.41, 5.74) is -0.278. The second-order valence-electron chi connectivity index (χ2n) is 5.03. The van der Waals surface area contributed by atoms with E-state index in [9.17, 15) is 4.79 Å². The summed E-state index contributed by atoms with van der Waals surface area (Å²) in [6.45, 7) is 5.78. The predicted molar refractivity (Wildman–Crippen MR) is 61.0 cm³/mol. The van der Waals surface area contributed by atoms with Crippen molar-refractivity contribution in [2.75, 3.05) is 14.1 Å². The number of carbonyl (C=O) groups is 1. The number of ether oxygens (including phenoxy) is 1. The Kier molecular flexibility index (Phi) is 3.90. The summed E-state index contributed by atoms with van der Waals surface area (Å²) in [4.78, 5) is 13.8. The summed E-state index contributed by atoms with van der Waals surface area (Å²) < 4.78 is 5.79. The van der Waals surface area contributed by atoms with Crippen molar-refractivity contribution in [1.82, 2.24) is 4.90 Å². The van der Waals surface area contributed by atoms with E-state index in [4.69, 9.17) is 4.74 Å². The molecule has 0 spiro atoms. The van der Waals surface area contributed by atoms with E-state index in [1.165, 1.54) is 0 Å². The summed E-state index contributed by atoms with van der Waals surface area (Å²) in [5, 5.41) is 0. The van der Waals surface area contributed by atoms with E-state index >= 15 is 0 Å². The van der Waals surface area contributed by atoms with Crippen molar-refractivity contribution in [3.8, 4) is 0 Å². The molecule has 1 fully saturated rings. The summed E-state index contributed by atoms with van der Waals surface area (Å²) in [6.07, 6.45) is 3.26. The van der Waals surface area contributed by atoms with Gasteiger partial charge in [-0.25, -0.2) is 0 Å². The fraction of sp³-hybridized carbons (Fsp3) is 0.917. The van der Waals surface area contributed by atoms with Gasteiger partial charge < -0.3 is 4.74 Å². The monoisotopic (exact) mass is 213 g/mol. The van der Waals surface area contributed by atoms with Crippen LogP contribution in [0.4, 0.5) is 0 Å². The third-order valence-electron chi connectivity index (χ3n) is 3.42. The van der Waals surface area contributed by atoms with E-state index in [1.807, 2.05) is 27.9 Å². The highest BCUT2D eigenvalue weighted by molar-refractivity contribution is 5.86. The Balaban J connectivity index is 2.68. The van der Waals surface area contributed by atoms with E-state index in [0.717, 1.165) is 19.3 Å². The molecule has 15 heavy (non-hydrogen) atoms. The van der Waals surface area contributed by atoms with Crippen LogP contribution in [-0.4, -0.2) is 42.5 Å². The minimum atomic E-state index is -0.278. The molecule has 88 valence electrons. The molecule has 0 radical (unpaired) electrons. The van der Waals surface area contributed by atoms with Crippen LogP contribution in [0.5, 0.6) is 0 Å². The summed E-state index contributed by atoms with van der Waals surface area (Å²) >= 11 is 0. The zero-order valence-electron chi connectivity index (χ0n) is 10.5. The molecule has 0 bridgehead atoms. The number of carbonyl (C=O) groups excluding carboxylic acids is 1. The van der Waals surface area contributed by atoms with Crippen molar-refractivity contribution < 1.29 is 9.53 Å². The number of rotatable bonds is 4. The van der Waals surface area contributed by atoms with E-state index in [2.05, 4.69) is 4.90 Å². The minimum Gasteiger partial charge on any atom is -0.375 e. The molecule has 1 rings (SSSR count). The Morgan fingerprint density at radius 1 is 1.47 bits per heavy atom. The fourth-order valence-corrected chi connectivity index (χ4v) is 2.52. The van der Waals surface area contributed by atoms with E-state index in [0.29, 0.717) is 0 Å². The number of likely N-dealkylation sites (N-methyl/N-ethyl adjacent to an activating group) is 1. The molecular formula is C12H23NO2. The van der Waals surface area contributed by atoms with E-state index in [-0.39, 0.29) is 23.5 Å². The topological polar surface area (TPSA) is 29.5 Å². The first kappa shape index (κ1) is 12.7. The molecule has 0 heterocycles. The first-order chi connectivity index (χ1) is 6.88. The molecule has 2 atom stereocenters. The second kappa shape index (κ2) is 4.62. The van der Waals surface area contributed by atoms with Gasteiger partial charge in [0.05, 0.1) is 17.7 Å². The highest BCUT2D eigenvalue weighted by atomic mass is 16.5. The smallest absolute Gasteiger partial charge is 0.150 e. The molecule has 0 N–H and O–H groups in total. The Labute approximate surface area is 92.8 Å². The Bertz CT molecular complexity index is 238. The Hall–Kier alpha value is -0.410. The van der Waals surface area contributed by atoms with Crippen LogP contribution in [-0.2, 0) is 9.53 Å². The molecule has 0 saturated heterocycles. The zero-order chi connectivity index (χ0) is 11.6. The molecule has 3 heteroatoms. The number of ketones is 1. The van der Waals surface area contributed by atoms with Crippen LogP contribution >= 0.6 is 0 Å². The zero-order valence-corrected chi connectivity index (χ0v) is 10.5. The molecular weight excluding hydrogens is 190 g/mol. The van der Waals surface area contributed by atoms with Crippen LogP contribution in [0.25, 0.3) is 0 Å². The van der Waals surface area contributed by atoms with Gasteiger partial charge in [0.25, 0.3) is 0 Å². The van der Waals surface area contributed by atoms with Gasteiger partial charge in [-0.3, -0.25) is 9.69 Å². The van der Waals surface area contributed by atoms with Crippen LogP contribution < -0.4 is 0 Å². The average molecular weight is 213 g/mol. The Morgan fingerprint density at radius 3 is 2.40 bits per heavy atom. The lowest BCUT2D eigenvalue weighted by Gasteiger charge is -2.34. The first-order valence-electron chi connectivity index (χ1n) is 5.72. The number of hydrogen-bond acceptors (Lipinski definition) is 3. The maximum atomic E-state index is 11.7. The molecule has 0 amide bonds. The van der Waals surface area contributed by atoms with Crippen molar-refractivity contribution in [1.29, 1.82) is 0 Å². The maximum absolute atomic E-state index is 11.7. The highest BCUT2D eigenvalue weighted by Crippen LogP contribution is 2.36. The third-order valence-corrected chi connectivity index (χ3v) is 3.42. The first-order valence-corrected chi connectivity index (χ1v) is 5.72. The maximum Gasteiger partial charge on any atom is 0.150 e. The minimum absolute atomic E-state index is 0.247. The number of Topliss-reactive ketones (excluding diaryl/α,β-unsaturated/α-hetero) is 1. The van der Waals surface area contributed by atoms with Crippen molar-refractivity contribution >= 4 is 5.78 Å². The van der Waals surface area contributed by atoms with Gasteiger partial charge in [-0.05, 0) is 54.1 Å². The van der Waals surface area contributed by atoms with Gasteiger partial charge in [0.1, 0.15) is 5.78 Å².